The minimum absolute atomic E-state index is 0.0482. The van der Waals surface area contributed by atoms with Gasteiger partial charge in [0.25, 0.3) is 0 Å². The van der Waals surface area contributed by atoms with E-state index in [0.29, 0.717) is 0 Å². The minimum Gasteiger partial charge on any atom is -0.496 e. The van der Waals surface area contributed by atoms with Crippen LogP contribution in [0.1, 0.15) is 36.6 Å². The van der Waals surface area contributed by atoms with Gasteiger partial charge in [0.2, 0.25) is 0 Å². The van der Waals surface area contributed by atoms with Crippen molar-refractivity contribution in [3.05, 3.63) is 28.8 Å². The zero-order valence-electron chi connectivity index (χ0n) is 13.2. The van der Waals surface area contributed by atoms with Crippen molar-refractivity contribution in [2.45, 2.75) is 39.3 Å². The Hall–Kier alpha value is -1.10. The zero-order chi connectivity index (χ0) is 14.8. The van der Waals surface area contributed by atoms with Crippen molar-refractivity contribution in [2.24, 2.45) is 5.84 Å². The van der Waals surface area contributed by atoms with Crippen molar-refractivity contribution in [1.82, 2.24) is 10.3 Å². The molecule has 108 valence electrons. The predicted octanol–water partition coefficient (Wildman–Crippen LogP) is 2.16. The fourth-order valence-electron chi connectivity index (χ4n) is 2.28. The molecule has 3 N–H and O–H groups in total. The van der Waals surface area contributed by atoms with Crippen LogP contribution in [0.5, 0.6) is 5.75 Å². The van der Waals surface area contributed by atoms with Crippen molar-refractivity contribution in [3.8, 4) is 5.75 Å². The van der Waals surface area contributed by atoms with E-state index >= 15 is 0 Å². The molecular weight excluding hydrogens is 238 g/mol. The van der Waals surface area contributed by atoms with Crippen LogP contribution in [0.15, 0.2) is 12.1 Å². The predicted molar refractivity (Wildman–Crippen MR) is 80.3 cm³/mol. The lowest BCUT2D eigenvalue weighted by Gasteiger charge is -2.40. The van der Waals surface area contributed by atoms with Crippen LogP contribution in [0, 0.1) is 13.8 Å². The van der Waals surface area contributed by atoms with E-state index in [-0.39, 0.29) is 11.6 Å². The van der Waals surface area contributed by atoms with Crippen molar-refractivity contribution < 1.29 is 4.74 Å². The van der Waals surface area contributed by atoms with Gasteiger partial charge >= 0.3 is 0 Å². The molecule has 1 aromatic rings. The number of rotatable bonds is 5. The van der Waals surface area contributed by atoms with Crippen molar-refractivity contribution >= 4 is 0 Å². The molecule has 0 aliphatic carbocycles. The van der Waals surface area contributed by atoms with Gasteiger partial charge in [0.15, 0.2) is 0 Å². The lowest BCUT2D eigenvalue weighted by molar-refractivity contribution is 0.138. The summed E-state index contributed by atoms with van der Waals surface area (Å²) in [6, 6.07) is 4.28. The molecule has 1 aromatic carbocycles. The van der Waals surface area contributed by atoms with E-state index in [1.807, 2.05) is 0 Å². The van der Waals surface area contributed by atoms with Crippen LogP contribution in [0.3, 0.4) is 0 Å². The summed E-state index contributed by atoms with van der Waals surface area (Å²) in [6.45, 7) is 8.50. The monoisotopic (exact) mass is 265 g/mol. The van der Waals surface area contributed by atoms with Gasteiger partial charge in [-0.15, -0.1) is 0 Å². The molecule has 1 unspecified atom stereocenters. The summed E-state index contributed by atoms with van der Waals surface area (Å²) in [5.41, 5.74) is 6.38. The average molecular weight is 265 g/mol. The molecule has 0 saturated heterocycles. The summed E-state index contributed by atoms with van der Waals surface area (Å²) in [5.74, 6) is 6.73. The molecule has 0 radical (unpaired) electrons. The van der Waals surface area contributed by atoms with Gasteiger partial charge in [0.1, 0.15) is 5.75 Å². The highest BCUT2D eigenvalue weighted by Crippen LogP contribution is 2.33. The molecule has 1 rings (SSSR count). The number of nitrogens with zero attached hydrogens (tertiary/aromatic N) is 1. The van der Waals surface area contributed by atoms with Crippen molar-refractivity contribution in [2.75, 3.05) is 21.2 Å². The molecule has 0 aromatic heterocycles. The van der Waals surface area contributed by atoms with Gasteiger partial charge in [-0.25, -0.2) is 0 Å². The maximum Gasteiger partial charge on any atom is 0.122 e. The van der Waals surface area contributed by atoms with Crippen LogP contribution in [0.2, 0.25) is 0 Å². The van der Waals surface area contributed by atoms with Gasteiger partial charge in [-0.05, 0) is 64.5 Å². The topological polar surface area (TPSA) is 50.5 Å². The third kappa shape index (κ3) is 3.08. The first-order valence-electron chi connectivity index (χ1n) is 6.54. The molecule has 0 saturated carbocycles. The van der Waals surface area contributed by atoms with E-state index in [1.54, 1.807) is 7.11 Å². The van der Waals surface area contributed by atoms with Crippen molar-refractivity contribution in [1.29, 1.82) is 0 Å². The van der Waals surface area contributed by atoms with Crippen LogP contribution in [-0.4, -0.2) is 31.6 Å². The molecule has 4 nitrogen and oxygen atoms in total. The quantitative estimate of drug-likeness (QED) is 0.633. The molecule has 0 spiro atoms. The highest BCUT2D eigenvalue weighted by molar-refractivity contribution is 5.43. The molecular formula is C15H27N3O. The molecule has 0 fully saturated rings. The summed E-state index contributed by atoms with van der Waals surface area (Å²) < 4.78 is 5.37. The summed E-state index contributed by atoms with van der Waals surface area (Å²) >= 11 is 0. The van der Waals surface area contributed by atoms with E-state index in [4.69, 9.17) is 10.6 Å². The average Bonchev–Trinajstić information content (AvgIpc) is 2.33. The van der Waals surface area contributed by atoms with E-state index in [2.05, 4.69) is 64.2 Å². The molecule has 19 heavy (non-hydrogen) atoms. The SMILES string of the molecule is COc1cc(C)c(C(NN)C(C)(C)N(C)C)cc1C. The number of likely N-dealkylation sites (N-methyl/N-ethyl adjacent to an activating group) is 1. The van der Waals surface area contributed by atoms with Crippen LogP contribution in [-0.2, 0) is 0 Å². The Kier molecular flexibility index (Phi) is 4.96. The number of benzene rings is 1. The Morgan fingerprint density at radius 3 is 2.21 bits per heavy atom. The number of ether oxygens (including phenoxy) is 1. The fourth-order valence-corrected chi connectivity index (χ4v) is 2.28. The molecule has 0 aliphatic rings. The fraction of sp³-hybridized carbons (Fsp3) is 0.600. The number of hydrogen-bond acceptors (Lipinski definition) is 4. The van der Waals surface area contributed by atoms with Gasteiger partial charge in [0, 0.05) is 5.54 Å². The highest BCUT2D eigenvalue weighted by atomic mass is 16.5. The first-order valence-corrected chi connectivity index (χ1v) is 6.54. The third-order valence-corrected chi connectivity index (χ3v) is 4.12. The summed E-state index contributed by atoms with van der Waals surface area (Å²) in [5, 5.41) is 0. The van der Waals surface area contributed by atoms with E-state index in [9.17, 15) is 0 Å². The zero-order valence-corrected chi connectivity index (χ0v) is 13.2. The largest absolute Gasteiger partial charge is 0.496 e. The Bertz CT molecular complexity index is 441. The highest BCUT2D eigenvalue weighted by Gasteiger charge is 2.33. The standard InChI is InChI=1S/C15H27N3O/c1-10-9-13(19-7)11(2)8-12(10)14(17-16)15(3,4)18(5)6/h8-9,14,17H,16H2,1-7H3. The summed E-state index contributed by atoms with van der Waals surface area (Å²) in [7, 11) is 5.83. The van der Waals surface area contributed by atoms with Crippen LogP contribution in [0.4, 0.5) is 0 Å². The molecule has 0 heterocycles. The maximum absolute atomic E-state index is 5.81. The molecule has 0 amide bonds. The smallest absolute Gasteiger partial charge is 0.122 e. The number of hydrazine groups is 1. The molecule has 0 aliphatic heterocycles. The summed E-state index contributed by atoms with van der Waals surface area (Å²) in [6.07, 6.45) is 0. The van der Waals surface area contributed by atoms with Gasteiger partial charge in [-0.1, -0.05) is 6.07 Å². The minimum atomic E-state index is -0.0967. The number of hydrogen-bond donors (Lipinski definition) is 2. The van der Waals surface area contributed by atoms with E-state index in [0.717, 1.165) is 11.3 Å². The lowest BCUT2D eigenvalue weighted by Crippen LogP contribution is -2.51. The lowest BCUT2D eigenvalue weighted by atomic mass is 9.85. The van der Waals surface area contributed by atoms with E-state index in [1.165, 1.54) is 11.1 Å². The van der Waals surface area contributed by atoms with Gasteiger partial charge in [-0.3, -0.25) is 11.3 Å². The number of methoxy groups -OCH3 is 1. The Balaban J connectivity index is 3.31. The van der Waals surface area contributed by atoms with Crippen LogP contribution < -0.4 is 16.0 Å². The maximum atomic E-state index is 5.81. The van der Waals surface area contributed by atoms with Crippen LogP contribution in [0.25, 0.3) is 0 Å². The van der Waals surface area contributed by atoms with Gasteiger partial charge in [0.05, 0.1) is 13.2 Å². The molecule has 4 heteroatoms. The second kappa shape index (κ2) is 5.90. The van der Waals surface area contributed by atoms with Gasteiger partial charge < -0.3 is 9.64 Å². The second-order valence-electron chi connectivity index (χ2n) is 5.83. The first-order chi connectivity index (χ1) is 8.75. The second-order valence-corrected chi connectivity index (χ2v) is 5.83. The molecule has 1 atom stereocenters. The van der Waals surface area contributed by atoms with Crippen LogP contribution >= 0.6 is 0 Å². The third-order valence-electron chi connectivity index (χ3n) is 4.12. The van der Waals surface area contributed by atoms with Crippen molar-refractivity contribution in [3.63, 3.8) is 0 Å². The molecule has 0 bridgehead atoms. The summed E-state index contributed by atoms with van der Waals surface area (Å²) in [4.78, 5) is 2.18. The Labute approximate surface area is 116 Å². The number of nitrogens with two attached hydrogens (primary N) is 1. The number of nitrogens with one attached hydrogen (secondary N) is 1. The first kappa shape index (κ1) is 16.0. The number of aryl methyl sites for hydroxylation is 2. The van der Waals surface area contributed by atoms with E-state index < -0.39 is 0 Å². The van der Waals surface area contributed by atoms with Gasteiger partial charge in [-0.2, -0.15) is 0 Å². The Morgan fingerprint density at radius 1 is 1.21 bits per heavy atom. The normalized spacial score (nSPS) is 13.7. The Morgan fingerprint density at radius 2 is 1.79 bits per heavy atom.